The summed E-state index contributed by atoms with van der Waals surface area (Å²) in [6.45, 7) is 8.73. The van der Waals surface area contributed by atoms with Gasteiger partial charge < -0.3 is 20.0 Å². The lowest BCUT2D eigenvalue weighted by atomic mass is 9.54. The zero-order valence-corrected chi connectivity index (χ0v) is 24.8. The number of likely N-dealkylation sites (tertiary alicyclic amines) is 1. The fraction of sp³-hybridized carbons (Fsp3) is 0.629. The number of amides is 1. The fourth-order valence-corrected chi connectivity index (χ4v) is 8.19. The molecule has 218 valence electrons. The van der Waals surface area contributed by atoms with E-state index >= 15 is 0 Å². The summed E-state index contributed by atoms with van der Waals surface area (Å²) in [7, 11) is 0. The molecular weight excluding hydrogens is 496 g/mol. The Kier molecular flexibility index (Phi) is 8.92. The number of phenols is 1. The molecule has 1 amide bonds. The van der Waals surface area contributed by atoms with Gasteiger partial charge in [0.2, 0.25) is 5.91 Å². The van der Waals surface area contributed by atoms with Crippen molar-refractivity contribution in [2.24, 2.45) is 11.8 Å². The number of phenolic OH excluding ortho intramolecular Hbond substituents is 1. The zero-order chi connectivity index (χ0) is 28.2. The van der Waals surface area contributed by atoms with E-state index in [9.17, 15) is 15.0 Å². The SMILES string of the molecule is CC(C)C[N@+]1(CC2CC2)CC[C@]2(c3cccc(O)c3)C[C@@H](NC(=O)CCCCCc3ccccc3)CCC2(O)C1. The van der Waals surface area contributed by atoms with Gasteiger partial charge in [0.1, 0.15) is 17.9 Å². The highest BCUT2D eigenvalue weighted by atomic mass is 16.3. The van der Waals surface area contributed by atoms with Gasteiger partial charge in [-0.25, -0.2) is 0 Å². The molecule has 3 aliphatic rings. The van der Waals surface area contributed by atoms with E-state index in [1.54, 1.807) is 6.07 Å². The van der Waals surface area contributed by atoms with Crippen LogP contribution in [0.15, 0.2) is 54.6 Å². The molecule has 0 bridgehead atoms. The number of aryl methyl sites for hydroxylation is 1. The second-order valence-electron chi connectivity index (χ2n) is 13.9. The molecule has 2 saturated carbocycles. The molecule has 3 fully saturated rings. The maximum atomic E-state index is 13.0. The van der Waals surface area contributed by atoms with Gasteiger partial charge in [0.15, 0.2) is 0 Å². The van der Waals surface area contributed by atoms with Crippen molar-refractivity contribution >= 4 is 5.91 Å². The van der Waals surface area contributed by atoms with Crippen LogP contribution in [0.5, 0.6) is 5.75 Å². The summed E-state index contributed by atoms with van der Waals surface area (Å²) >= 11 is 0. The molecule has 40 heavy (non-hydrogen) atoms. The standard InChI is InChI=1S/C35H50N2O3/c1-27(2)24-37(25-29-16-17-29)21-20-34(30-13-9-14-32(38)22-30)23-31(18-19-35(34,40)26-37)36-33(39)15-8-4-7-12-28-10-5-3-6-11-28/h3,5-6,9-11,13-14,22,27,29,31,40H,4,7-8,12,15-21,23-26H2,1-2H3,(H-,36,38,39)/p+1/t31-,34+,35?,37-/m0/s1. The van der Waals surface area contributed by atoms with E-state index < -0.39 is 11.0 Å². The Balaban J connectivity index is 1.25. The largest absolute Gasteiger partial charge is 0.508 e. The van der Waals surface area contributed by atoms with Crippen molar-refractivity contribution in [3.05, 3.63) is 65.7 Å². The molecule has 0 radical (unpaired) electrons. The number of benzene rings is 2. The van der Waals surface area contributed by atoms with Crippen molar-refractivity contribution in [2.45, 2.75) is 102 Å². The van der Waals surface area contributed by atoms with Gasteiger partial charge in [0.25, 0.3) is 0 Å². The van der Waals surface area contributed by atoms with E-state index in [1.165, 1.54) is 24.9 Å². The van der Waals surface area contributed by atoms with Crippen LogP contribution in [0.4, 0.5) is 0 Å². The number of nitrogens with one attached hydrogen (secondary N) is 1. The topological polar surface area (TPSA) is 69.6 Å². The van der Waals surface area contributed by atoms with Crippen molar-refractivity contribution in [3.63, 3.8) is 0 Å². The van der Waals surface area contributed by atoms with E-state index in [2.05, 4.69) is 49.5 Å². The molecule has 0 spiro atoms. The first-order valence-corrected chi connectivity index (χ1v) is 15.9. The number of aromatic hydroxyl groups is 1. The van der Waals surface area contributed by atoms with Crippen molar-refractivity contribution < 1.29 is 19.5 Å². The molecule has 0 aromatic heterocycles. The van der Waals surface area contributed by atoms with E-state index in [-0.39, 0.29) is 17.7 Å². The number of hydrogen-bond acceptors (Lipinski definition) is 3. The summed E-state index contributed by atoms with van der Waals surface area (Å²) in [5.41, 5.74) is 1.09. The van der Waals surface area contributed by atoms with Crippen LogP contribution in [0.25, 0.3) is 0 Å². The minimum absolute atomic E-state index is 0.0490. The Hall–Kier alpha value is -2.37. The smallest absolute Gasteiger partial charge is 0.220 e. The van der Waals surface area contributed by atoms with Gasteiger partial charge >= 0.3 is 0 Å². The minimum atomic E-state index is -0.846. The van der Waals surface area contributed by atoms with Crippen LogP contribution in [-0.2, 0) is 16.6 Å². The fourth-order valence-electron chi connectivity index (χ4n) is 8.19. The van der Waals surface area contributed by atoms with Crippen LogP contribution in [0.2, 0.25) is 0 Å². The minimum Gasteiger partial charge on any atom is -0.508 e. The molecule has 2 aromatic carbocycles. The molecular formula is C35H51N2O3+. The lowest BCUT2D eigenvalue weighted by Gasteiger charge is -2.61. The number of carbonyl (C=O) groups excluding carboxylic acids is 1. The average Bonchev–Trinajstić information content (AvgIpc) is 3.72. The van der Waals surface area contributed by atoms with Gasteiger partial charge in [-0.3, -0.25) is 4.79 Å². The Morgan fingerprint density at radius 1 is 1.02 bits per heavy atom. The molecule has 1 heterocycles. The quantitative estimate of drug-likeness (QED) is 0.222. The number of carbonyl (C=O) groups is 1. The second kappa shape index (κ2) is 12.2. The lowest BCUT2D eigenvalue weighted by Crippen LogP contribution is -2.73. The predicted octanol–water partition coefficient (Wildman–Crippen LogP) is 6.12. The summed E-state index contributed by atoms with van der Waals surface area (Å²) in [6, 6.07) is 18.2. The first-order valence-electron chi connectivity index (χ1n) is 15.9. The highest BCUT2D eigenvalue weighted by Gasteiger charge is 2.62. The molecule has 5 nitrogen and oxygen atoms in total. The van der Waals surface area contributed by atoms with Crippen molar-refractivity contribution in [3.8, 4) is 5.75 Å². The monoisotopic (exact) mass is 547 g/mol. The summed E-state index contributed by atoms with van der Waals surface area (Å²) in [5, 5.41) is 26.4. The van der Waals surface area contributed by atoms with Gasteiger partial charge in [0, 0.05) is 36.1 Å². The molecule has 5 rings (SSSR count). The van der Waals surface area contributed by atoms with Gasteiger partial charge in [-0.05, 0) is 74.6 Å². The van der Waals surface area contributed by atoms with Gasteiger partial charge in [0.05, 0.1) is 19.6 Å². The van der Waals surface area contributed by atoms with E-state index in [0.717, 1.165) is 80.5 Å². The maximum absolute atomic E-state index is 13.0. The Labute approximate surface area is 241 Å². The third-order valence-corrected chi connectivity index (χ3v) is 10.1. The third-order valence-electron chi connectivity index (χ3n) is 10.1. The molecule has 2 aliphatic carbocycles. The number of nitrogens with zero attached hydrogens (tertiary/aromatic N) is 1. The van der Waals surface area contributed by atoms with Crippen LogP contribution < -0.4 is 5.32 Å². The number of quaternary nitrogens is 1. The second-order valence-corrected chi connectivity index (χ2v) is 13.9. The van der Waals surface area contributed by atoms with Crippen molar-refractivity contribution in [1.82, 2.24) is 5.32 Å². The number of hydrogen-bond donors (Lipinski definition) is 3. The normalized spacial score (nSPS) is 30.1. The first-order chi connectivity index (χ1) is 19.2. The molecule has 4 atom stereocenters. The van der Waals surface area contributed by atoms with Crippen LogP contribution >= 0.6 is 0 Å². The van der Waals surface area contributed by atoms with Gasteiger partial charge in [-0.15, -0.1) is 0 Å². The third kappa shape index (κ3) is 6.74. The summed E-state index contributed by atoms with van der Waals surface area (Å²) in [6.07, 6.45) is 10.5. The van der Waals surface area contributed by atoms with Crippen LogP contribution in [0, 0.1) is 11.8 Å². The van der Waals surface area contributed by atoms with Crippen molar-refractivity contribution in [1.29, 1.82) is 0 Å². The summed E-state index contributed by atoms with van der Waals surface area (Å²) in [5.74, 6) is 1.77. The molecule has 1 aliphatic heterocycles. The number of rotatable bonds is 12. The molecule has 1 saturated heterocycles. The average molecular weight is 548 g/mol. The predicted molar refractivity (Wildman–Crippen MR) is 161 cm³/mol. The number of aliphatic hydroxyl groups is 1. The van der Waals surface area contributed by atoms with Gasteiger partial charge in [-0.1, -0.05) is 62.7 Å². The number of piperidine rings is 1. The van der Waals surface area contributed by atoms with E-state index in [4.69, 9.17) is 0 Å². The molecule has 3 N–H and O–H groups in total. The number of unbranched alkanes of at least 4 members (excludes halogenated alkanes) is 2. The van der Waals surface area contributed by atoms with Crippen LogP contribution in [0.1, 0.15) is 89.2 Å². The Morgan fingerprint density at radius 3 is 2.55 bits per heavy atom. The lowest BCUT2D eigenvalue weighted by molar-refractivity contribution is -0.945. The number of fused-ring (bicyclic) bond motifs is 1. The van der Waals surface area contributed by atoms with Crippen LogP contribution in [0.3, 0.4) is 0 Å². The highest BCUT2D eigenvalue weighted by molar-refractivity contribution is 5.76. The highest BCUT2D eigenvalue weighted by Crippen LogP contribution is 2.54. The molecule has 2 aromatic rings. The van der Waals surface area contributed by atoms with E-state index in [0.29, 0.717) is 18.8 Å². The summed E-state index contributed by atoms with van der Waals surface area (Å²) in [4.78, 5) is 13.0. The zero-order valence-electron chi connectivity index (χ0n) is 24.8. The van der Waals surface area contributed by atoms with Crippen molar-refractivity contribution in [2.75, 3.05) is 26.2 Å². The Bertz CT molecular complexity index is 1130. The molecule has 5 heteroatoms. The maximum Gasteiger partial charge on any atom is 0.220 e. The Morgan fingerprint density at radius 2 is 1.82 bits per heavy atom. The first kappa shape index (κ1) is 29.1. The summed E-state index contributed by atoms with van der Waals surface area (Å²) < 4.78 is 1.01. The van der Waals surface area contributed by atoms with Gasteiger partial charge in [-0.2, -0.15) is 0 Å². The molecule has 1 unspecified atom stereocenters. The van der Waals surface area contributed by atoms with Crippen LogP contribution in [-0.4, -0.2) is 58.4 Å². The van der Waals surface area contributed by atoms with E-state index in [1.807, 2.05) is 18.2 Å².